The first kappa shape index (κ1) is 13.6. The molecule has 1 heterocycles. The molecule has 1 amide bonds. The van der Waals surface area contributed by atoms with Crippen LogP contribution in [0.1, 0.15) is 49.6 Å². The average molecular weight is 315 g/mol. The van der Waals surface area contributed by atoms with Gasteiger partial charge in [0, 0.05) is 23.3 Å². The highest BCUT2D eigenvalue weighted by molar-refractivity contribution is 9.10. The second-order valence-corrected chi connectivity index (χ2v) is 6.13. The summed E-state index contributed by atoms with van der Waals surface area (Å²) in [6.07, 6.45) is 4.83. The number of halogens is 1. The summed E-state index contributed by atoms with van der Waals surface area (Å²) in [6.45, 7) is 3.90. The third-order valence-corrected chi connectivity index (χ3v) is 3.81. The van der Waals surface area contributed by atoms with Crippen LogP contribution in [-0.4, -0.2) is 27.7 Å². The first-order chi connectivity index (χ1) is 8.43. The molecule has 0 aliphatic heterocycles. The number of nitrogens with one attached hydrogen (secondary N) is 1. The normalized spacial score (nSPS) is 18.4. The van der Waals surface area contributed by atoms with Crippen molar-refractivity contribution in [1.29, 1.82) is 0 Å². The van der Waals surface area contributed by atoms with Gasteiger partial charge in [0.05, 0.1) is 5.60 Å². The van der Waals surface area contributed by atoms with Gasteiger partial charge in [-0.25, -0.2) is 0 Å². The third-order valence-electron chi connectivity index (χ3n) is 3.38. The monoisotopic (exact) mass is 314 g/mol. The predicted molar refractivity (Wildman–Crippen MR) is 73.7 cm³/mol. The van der Waals surface area contributed by atoms with Crippen molar-refractivity contribution in [2.24, 2.45) is 0 Å². The molecule has 0 bridgehead atoms. The van der Waals surface area contributed by atoms with Crippen LogP contribution in [0.5, 0.6) is 0 Å². The number of carbonyl (C=O) groups is 1. The van der Waals surface area contributed by atoms with E-state index in [4.69, 9.17) is 0 Å². The summed E-state index contributed by atoms with van der Waals surface area (Å²) in [6, 6.07) is 2.29. The zero-order chi connectivity index (χ0) is 13.3. The summed E-state index contributed by atoms with van der Waals surface area (Å²) in [5.74, 6) is -0.124. The summed E-state index contributed by atoms with van der Waals surface area (Å²) in [7, 11) is 0. The summed E-state index contributed by atoms with van der Waals surface area (Å²) < 4.78 is 2.93. The second kappa shape index (κ2) is 5.05. The topological polar surface area (TPSA) is 54.3 Å². The summed E-state index contributed by atoms with van der Waals surface area (Å²) in [5, 5.41) is 12.7. The van der Waals surface area contributed by atoms with Crippen LogP contribution in [-0.2, 0) is 0 Å². The highest BCUT2D eigenvalue weighted by Gasteiger charge is 2.28. The van der Waals surface area contributed by atoms with Gasteiger partial charge < -0.3 is 15.0 Å². The Morgan fingerprint density at radius 3 is 2.89 bits per heavy atom. The Labute approximate surface area is 116 Å². The molecule has 2 N–H and O–H groups in total. The maximum atomic E-state index is 12.1. The van der Waals surface area contributed by atoms with Gasteiger partial charge in [-0.3, -0.25) is 4.79 Å². The van der Waals surface area contributed by atoms with Crippen LogP contribution in [0.4, 0.5) is 0 Å². The van der Waals surface area contributed by atoms with Gasteiger partial charge in [0.1, 0.15) is 5.69 Å². The molecule has 5 heteroatoms. The Morgan fingerprint density at radius 2 is 2.33 bits per heavy atom. The highest BCUT2D eigenvalue weighted by Crippen LogP contribution is 2.37. The SMILES string of the molecule is CCC(C)(O)CNC(=O)c1cc(Br)cn1C1CC1. The lowest BCUT2D eigenvalue weighted by Crippen LogP contribution is -2.40. The Balaban J connectivity index is 2.04. The molecule has 18 heavy (non-hydrogen) atoms. The van der Waals surface area contributed by atoms with Crippen LogP contribution in [0, 0.1) is 0 Å². The van der Waals surface area contributed by atoms with Gasteiger partial charge in [-0.2, -0.15) is 0 Å². The van der Waals surface area contributed by atoms with E-state index in [9.17, 15) is 9.90 Å². The molecule has 0 saturated heterocycles. The average Bonchev–Trinajstić information content (AvgIpc) is 3.09. The van der Waals surface area contributed by atoms with Crippen molar-refractivity contribution in [3.05, 3.63) is 22.4 Å². The van der Waals surface area contributed by atoms with Crippen molar-refractivity contribution in [3.8, 4) is 0 Å². The minimum atomic E-state index is -0.843. The van der Waals surface area contributed by atoms with E-state index in [1.165, 1.54) is 0 Å². The zero-order valence-corrected chi connectivity index (χ0v) is 12.3. The maximum Gasteiger partial charge on any atom is 0.268 e. The first-order valence-electron chi connectivity index (χ1n) is 6.31. The number of carbonyl (C=O) groups excluding carboxylic acids is 1. The van der Waals surface area contributed by atoms with Crippen molar-refractivity contribution in [3.63, 3.8) is 0 Å². The van der Waals surface area contributed by atoms with Crippen LogP contribution >= 0.6 is 15.9 Å². The molecule has 1 fully saturated rings. The molecule has 1 saturated carbocycles. The molecule has 1 aliphatic rings. The third kappa shape index (κ3) is 3.14. The van der Waals surface area contributed by atoms with Crippen LogP contribution in [0.3, 0.4) is 0 Å². The molecule has 2 rings (SSSR count). The molecule has 4 nitrogen and oxygen atoms in total. The molecule has 0 spiro atoms. The van der Waals surface area contributed by atoms with Crippen molar-refractivity contribution >= 4 is 21.8 Å². The van der Waals surface area contributed by atoms with E-state index in [0.717, 1.165) is 17.3 Å². The smallest absolute Gasteiger partial charge is 0.268 e. The molecule has 1 unspecified atom stereocenters. The van der Waals surface area contributed by atoms with Gasteiger partial charge >= 0.3 is 0 Å². The fraction of sp³-hybridized carbons (Fsp3) is 0.615. The largest absolute Gasteiger partial charge is 0.388 e. The lowest BCUT2D eigenvalue weighted by atomic mass is 10.0. The fourth-order valence-corrected chi connectivity index (χ4v) is 2.21. The van der Waals surface area contributed by atoms with Gasteiger partial charge in [0.15, 0.2) is 0 Å². The Bertz CT molecular complexity index is 450. The number of nitrogens with zero attached hydrogens (tertiary/aromatic N) is 1. The zero-order valence-electron chi connectivity index (χ0n) is 10.7. The first-order valence-corrected chi connectivity index (χ1v) is 7.10. The standard InChI is InChI=1S/C13H19BrN2O2/c1-3-13(2,18)8-15-12(17)11-6-9(14)7-16(11)10-4-5-10/h6-7,10,18H,3-5,8H2,1-2H3,(H,15,17). The molecule has 1 aliphatic carbocycles. The second-order valence-electron chi connectivity index (χ2n) is 5.22. The Kier molecular flexibility index (Phi) is 3.82. The van der Waals surface area contributed by atoms with Gasteiger partial charge in [-0.15, -0.1) is 0 Å². The molecule has 1 atom stereocenters. The van der Waals surface area contributed by atoms with Gasteiger partial charge in [-0.05, 0) is 48.2 Å². The number of rotatable bonds is 5. The number of aromatic nitrogens is 1. The summed E-state index contributed by atoms with van der Waals surface area (Å²) >= 11 is 3.40. The van der Waals surface area contributed by atoms with Gasteiger partial charge in [0.2, 0.25) is 0 Å². The van der Waals surface area contributed by atoms with Crippen LogP contribution < -0.4 is 5.32 Å². The van der Waals surface area contributed by atoms with Crippen molar-refractivity contribution in [1.82, 2.24) is 9.88 Å². The number of hydrogen-bond acceptors (Lipinski definition) is 2. The molecule has 100 valence electrons. The quantitative estimate of drug-likeness (QED) is 0.877. The van der Waals surface area contributed by atoms with Crippen molar-refractivity contribution in [2.75, 3.05) is 6.54 Å². The van der Waals surface area contributed by atoms with Crippen LogP contribution in [0.25, 0.3) is 0 Å². The van der Waals surface area contributed by atoms with E-state index in [2.05, 4.69) is 21.2 Å². The van der Waals surface area contributed by atoms with E-state index in [1.807, 2.05) is 23.8 Å². The molecular weight excluding hydrogens is 296 g/mol. The van der Waals surface area contributed by atoms with Gasteiger partial charge in [-0.1, -0.05) is 6.92 Å². The summed E-state index contributed by atoms with van der Waals surface area (Å²) in [4.78, 5) is 12.1. The predicted octanol–water partition coefficient (Wildman–Crippen LogP) is 2.48. The lowest BCUT2D eigenvalue weighted by Gasteiger charge is -2.21. The van der Waals surface area contributed by atoms with E-state index in [1.54, 1.807) is 6.92 Å². The van der Waals surface area contributed by atoms with E-state index < -0.39 is 5.60 Å². The van der Waals surface area contributed by atoms with E-state index in [-0.39, 0.29) is 12.5 Å². The highest BCUT2D eigenvalue weighted by atomic mass is 79.9. The van der Waals surface area contributed by atoms with Crippen molar-refractivity contribution < 1.29 is 9.90 Å². The maximum absolute atomic E-state index is 12.1. The van der Waals surface area contributed by atoms with E-state index >= 15 is 0 Å². The number of amides is 1. The van der Waals surface area contributed by atoms with Crippen LogP contribution in [0.2, 0.25) is 0 Å². The molecule has 0 aromatic carbocycles. The Morgan fingerprint density at radius 1 is 1.67 bits per heavy atom. The molecule has 1 aromatic rings. The minimum absolute atomic E-state index is 0.124. The Hall–Kier alpha value is -0.810. The van der Waals surface area contributed by atoms with Crippen LogP contribution in [0.15, 0.2) is 16.7 Å². The number of aliphatic hydroxyl groups is 1. The molecule has 1 aromatic heterocycles. The summed E-state index contributed by atoms with van der Waals surface area (Å²) in [5.41, 5.74) is -0.180. The molecule has 0 radical (unpaired) electrons. The van der Waals surface area contributed by atoms with E-state index in [0.29, 0.717) is 18.2 Å². The molecular formula is C13H19BrN2O2. The minimum Gasteiger partial charge on any atom is -0.388 e. The lowest BCUT2D eigenvalue weighted by molar-refractivity contribution is 0.0516. The number of hydrogen-bond donors (Lipinski definition) is 2. The van der Waals surface area contributed by atoms with Crippen molar-refractivity contribution in [2.45, 2.75) is 44.8 Å². The fourth-order valence-electron chi connectivity index (χ4n) is 1.77. The van der Waals surface area contributed by atoms with Gasteiger partial charge in [0.25, 0.3) is 5.91 Å².